The number of benzene rings is 2. The van der Waals surface area contributed by atoms with Crippen LogP contribution in [-0.2, 0) is 0 Å². The third-order valence-electron chi connectivity index (χ3n) is 4.04. The lowest BCUT2D eigenvalue weighted by Gasteiger charge is -2.18. The fraction of sp³-hybridized carbons (Fsp3) is 0.267. The quantitative estimate of drug-likeness (QED) is 0.845. The molecule has 0 fully saturated rings. The van der Waals surface area contributed by atoms with Crippen LogP contribution in [0.3, 0.4) is 0 Å². The maximum atomic E-state index is 11.3. The van der Waals surface area contributed by atoms with Crippen LogP contribution in [0, 0.1) is 0 Å². The molecular formula is C15H16NO2P. The summed E-state index contributed by atoms with van der Waals surface area (Å²) in [5.74, 6) is -0.540. The van der Waals surface area contributed by atoms with Gasteiger partial charge in [0.15, 0.2) is 0 Å². The molecule has 0 saturated carbocycles. The predicted octanol–water partition coefficient (Wildman–Crippen LogP) is 2.94. The van der Waals surface area contributed by atoms with Crippen LogP contribution >= 0.6 is 8.58 Å². The van der Waals surface area contributed by atoms with E-state index in [9.17, 15) is 9.90 Å². The molecule has 3 unspecified atom stereocenters. The van der Waals surface area contributed by atoms with Gasteiger partial charge in [-0.25, -0.2) is 4.79 Å². The van der Waals surface area contributed by atoms with Crippen molar-refractivity contribution in [3.63, 3.8) is 0 Å². The standard InChI is InChI=1S/C15H16NO2P/c1-19-14-11-6-5-10(15(17)18)8-3-2-4-9(13(8)11)12(14)7-16/h2-6,12,14,19H,7,16H2,1H3,(H,17,18). The number of carboxylic acid groups (broad SMARTS) is 1. The van der Waals surface area contributed by atoms with E-state index in [1.54, 1.807) is 6.07 Å². The highest BCUT2D eigenvalue weighted by molar-refractivity contribution is 7.37. The second-order valence-electron chi connectivity index (χ2n) is 4.89. The summed E-state index contributed by atoms with van der Waals surface area (Å²) in [5, 5.41) is 11.3. The molecule has 3 atom stereocenters. The van der Waals surface area contributed by atoms with Crippen LogP contribution < -0.4 is 5.73 Å². The van der Waals surface area contributed by atoms with Crippen molar-refractivity contribution in [2.45, 2.75) is 11.6 Å². The largest absolute Gasteiger partial charge is 0.478 e. The zero-order valence-corrected chi connectivity index (χ0v) is 11.7. The average Bonchev–Trinajstić information content (AvgIpc) is 2.74. The number of hydrogen-bond acceptors (Lipinski definition) is 2. The third-order valence-corrected chi connectivity index (χ3v) is 5.37. The molecule has 0 saturated heterocycles. The number of nitrogens with two attached hydrogens (primary N) is 1. The van der Waals surface area contributed by atoms with E-state index in [2.05, 4.69) is 12.7 Å². The van der Waals surface area contributed by atoms with Crippen LogP contribution in [0.2, 0.25) is 0 Å². The van der Waals surface area contributed by atoms with Gasteiger partial charge in [-0.3, -0.25) is 0 Å². The first-order chi connectivity index (χ1) is 9.19. The van der Waals surface area contributed by atoms with Gasteiger partial charge in [-0.15, -0.1) is 8.58 Å². The Hall–Kier alpha value is -1.44. The second kappa shape index (κ2) is 4.59. The molecule has 4 heteroatoms. The van der Waals surface area contributed by atoms with Crippen molar-refractivity contribution in [3.8, 4) is 0 Å². The molecule has 0 bridgehead atoms. The number of aromatic carboxylic acids is 1. The highest BCUT2D eigenvalue weighted by atomic mass is 31.1. The molecule has 1 aliphatic carbocycles. The van der Waals surface area contributed by atoms with E-state index in [4.69, 9.17) is 5.73 Å². The minimum atomic E-state index is -0.865. The van der Waals surface area contributed by atoms with E-state index in [1.807, 2.05) is 18.2 Å². The highest BCUT2D eigenvalue weighted by Gasteiger charge is 2.33. The van der Waals surface area contributed by atoms with Crippen LogP contribution in [0.5, 0.6) is 0 Å². The summed E-state index contributed by atoms with van der Waals surface area (Å²) in [5.41, 5.74) is 9.25. The molecule has 0 radical (unpaired) electrons. The molecule has 2 aromatic rings. The van der Waals surface area contributed by atoms with Gasteiger partial charge < -0.3 is 10.8 Å². The van der Waals surface area contributed by atoms with E-state index in [-0.39, 0.29) is 0 Å². The predicted molar refractivity (Wildman–Crippen MR) is 79.7 cm³/mol. The summed E-state index contributed by atoms with van der Waals surface area (Å²) in [6, 6.07) is 9.65. The molecule has 3 nitrogen and oxygen atoms in total. The first-order valence-corrected chi connectivity index (χ1v) is 7.93. The fourth-order valence-corrected chi connectivity index (χ4v) is 4.50. The van der Waals surface area contributed by atoms with Crippen molar-refractivity contribution >= 4 is 25.3 Å². The lowest BCUT2D eigenvalue weighted by molar-refractivity contribution is 0.0699. The molecule has 2 aromatic carbocycles. The molecule has 0 aromatic heterocycles. The Morgan fingerprint density at radius 2 is 2.11 bits per heavy atom. The van der Waals surface area contributed by atoms with E-state index < -0.39 is 5.97 Å². The SMILES string of the molecule is CPC1c2ccc(C(=O)O)c3cccc(c23)C1CN. The molecule has 0 aliphatic heterocycles. The minimum Gasteiger partial charge on any atom is -0.478 e. The van der Waals surface area contributed by atoms with Crippen molar-refractivity contribution in [2.75, 3.05) is 13.2 Å². The number of hydrogen-bond donors (Lipinski definition) is 2. The van der Waals surface area contributed by atoms with E-state index in [0.717, 1.165) is 19.4 Å². The van der Waals surface area contributed by atoms with Gasteiger partial charge >= 0.3 is 5.97 Å². The summed E-state index contributed by atoms with van der Waals surface area (Å²) >= 11 is 0. The van der Waals surface area contributed by atoms with Crippen molar-refractivity contribution in [2.24, 2.45) is 5.73 Å². The Balaban J connectivity index is 2.37. The van der Waals surface area contributed by atoms with Gasteiger partial charge in [0.05, 0.1) is 5.56 Å². The zero-order chi connectivity index (χ0) is 13.6. The van der Waals surface area contributed by atoms with Gasteiger partial charge in [0.2, 0.25) is 0 Å². The summed E-state index contributed by atoms with van der Waals surface area (Å²) in [6.07, 6.45) is 0. The van der Waals surface area contributed by atoms with E-state index in [0.29, 0.717) is 23.7 Å². The topological polar surface area (TPSA) is 63.3 Å². The lowest BCUT2D eigenvalue weighted by atomic mass is 9.98. The van der Waals surface area contributed by atoms with Gasteiger partial charge in [-0.05, 0) is 34.6 Å². The minimum absolute atomic E-state index is 0.325. The van der Waals surface area contributed by atoms with Crippen molar-refractivity contribution in [1.29, 1.82) is 0 Å². The average molecular weight is 273 g/mol. The third kappa shape index (κ3) is 1.69. The Morgan fingerprint density at radius 3 is 2.74 bits per heavy atom. The van der Waals surface area contributed by atoms with Gasteiger partial charge in [-0.1, -0.05) is 24.3 Å². The van der Waals surface area contributed by atoms with Crippen molar-refractivity contribution in [3.05, 3.63) is 47.0 Å². The van der Waals surface area contributed by atoms with Gasteiger partial charge in [-0.2, -0.15) is 0 Å². The number of carbonyl (C=O) groups is 1. The van der Waals surface area contributed by atoms with Crippen molar-refractivity contribution in [1.82, 2.24) is 0 Å². The number of rotatable bonds is 3. The van der Waals surface area contributed by atoms with Gasteiger partial charge in [0.25, 0.3) is 0 Å². The van der Waals surface area contributed by atoms with Crippen LogP contribution in [0.15, 0.2) is 30.3 Å². The maximum Gasteiger partial charge on any atom is 0.336 e. The van der Waals surface area contributed by atoms with Gasteiger partial charge in [0, 0.05) is 18.1 Å². The van der Waals surface area contributed by atoms with Crippen molar-refractivity contribution < 1.29 is 9.90 Å². The normalized spacial score (nSPS) is 21.6. The molecular weight excluding hydrogens is 257 g/mol. The Morgan fingerprint density at radius 1 is 1.32 bits per heavy atom. The van der Waals surface area contributed by atoms with Crippen LogP contribution in [-0.4, -0.2) is 24.3 Å². The molecule has 0 spiro atoms. The maximum absolute atomic E-state index is 11.3. The molecule has 3 rings (SSSR count). The van der Waals surface area contributed by atoms with Crippen LogP contribution in [0.1, 0.15) is 33.1 Å². The first-order valence-electron chi connectivity index (χ1n) is 6.35. The second-order valence-corrected chi connectivity index (χ2v) is 6.09. The molecule has 98 valence electrons. The zero-order valence-electron chi connectivity index (χ0n) is 10.7. The molecule has 0 heterocycles. The molecule has 3 N–H and O–H groups in total. The van der Waals surface area contributed by atoms with E-state index >= 15 is 0 Å². The Bertz CT molecular complexity index is 652. The molecule has 0 amide bonds. The lowest BCUT2D eigenvalue weighted by Crippen LogP contribution is -2.13. The first kappa shape index (κ1) is 12.6. The van der Waals surface area contributed by atoms with E-state index in [1.165, 1.54) is 11.1 Å². The molecule has 1 aliphatic rings. The van der Waals surface area contributed by atoms with Gasteiger partial charge in [0.1, 0.15) is 0 Å². The monoisotopic (exact) mass is 273 g/mol. The Labute approximate surface area is 113 Å². The smallest absolute Gasteiger partial charge is 0.336 e. The van der Waals surface area contributed by atoms with Crippen LogP contribution in [0.4, 0.5) is 0 Å². The van der Waals surface area contributed by atoms with Crippen LogP contribution in [0.25, 0.3) is 10.8 Å². The summed E-state index contributed by atoms with van der Waals surface area (Å²) in [4.78, 5) is 11.3. The number of carboxylic acids is 1. The highest BCUT2D eigenvalue weighted by Crippen LogP contribution is 2.53. The molecule has 19 heavy (non-hydrogen) atoms. The summed E-state index contributed by atoms with van der Waals surface area (Å²) in [6.45, 7) is 2.80. The Kier molecular flexibility index (Phi) is 3.04. The summed E-state index contributed by atoms with van der Waals surface area (Å²) < 4.78 is 0. The fourth-order valence-electron chi connectivity index (χ4n) is 3.23. The summed E-state index contributed by atoms with van der Waals surface area (Å²) in [7, 11) is 0.774.